The van der Waals surface area contributed by atoms with Gasteiger partial charge in [0, 0.05) is 29.6 Å². The Morgan fingerprint density at radius 3 is 2.54 bits per heavy atom. The lowest BCUT2D eigenvalue weighted by Gasteiger charge is -2.35. The van der Waals surface area contributed by atoms with Gasteiger partial charge in [-0.25, -0.2) is 4.39 Å². The van der Waals surface area contributed by atoms with Crippen molar-refractivity contribution in [2.45, 2.75) is 63.1 Å². The topological polar surface area (TPSA) is 47.5 Å². The number of anilines is 1. The molecule has 26 heavy (non-hydrogen) atoms. The first kappa shape index (κ1) is 20.1. The number of aliphatic hydroxyl groups is 1. The van der Waals surface area contributed by atoms with Gasteiger partial charge in [-0.3, -0.25) is 0 Å². The van der Waals surface area contributed by atoms with E-state index in [0.717, 1.165) is 75.6 Å². The van der Waals surface area contributed by atoms with E-state index >= 15 is 0 Å². The molecule has 146 valence electrons. The van der Waals surface area contributed by atoms with Crippen LogP contribution in [0.5, 0.6) is 0 Å². The molecule has 3 N–H and O–H groups in total. The quantitative estimate of drug-likeness (QED) is 0.583. The number of rotatable bonds is 7. The highest BCUT2D eigenvalue weighted by atomic mass is 79.9. The van der Waals surface area contributed by atoms with Crippen LogP contribution in [0.1, 0.15) is 44.9 Å². The minimum Gasteiger partial charge on any atom is -0.393 e. The van der Waals surface area contributed by atoms with Gasteiger partial charge < -0.3 is 20.6 Å². The second kappa shape index (κ2) is 10.0. The Hall–Kier alpha value is -0.690. The van der Waals surface area contributed by atoms with Gasteiger partial charge in [0.1, 0.15) is 5.82 Å². The van der Waals surface area contributed by atoms with Crippen molar-refractivity contribution in [2.75, 3.05) is 31.1 Å². The van der Waals surface area contributed by atoms with E-state index in [2.05, 4.69) is 31.5 Å². The zero-order valence-electron chi connectivity index (χ0n) is 15.4. The van der Waals surface area contributed by atoms with Gasteiger partial charge in [0.05, 0.1) is 11.8 Å². The molecule has 0 spiro atoms. The van der Waals surface area contributed by atoms with E-state index in [0.29, 0.717) is 17.8 Å². The van der Waals surface area contributed by atoms with Crippen molar-refractivity contribution < 1.29 is 9.50 Å². The maximum Gasteiger partial charge on any atom is 0.147 e. The molecular weight excluding hydrogens is 397 g/mol. The molecule has 0 amide bonds. The van der Waals surface area contributed by atoms with Crippen molar-refractivity contribution in [1.82, 2.24) is 10.6 Å². The van der Waals surface area contributed by atoms with Crippen molar-refractivity contribution >= 4 is 21.6 Å². The van der Waals surface area contributed by atoms with Crippen molar-refractivity contribution in [3.63, 3.8) is 0 Å². The van der Waals surface area contributed by atoms with Crippen LogP contribution in [0.25, 0.3) is 0 Å². The molecule has 1 aliphatic heterocycles. The zero-order chi connectivity index (χ0) is 18.4. The number of nitrogens with one attached hydrogen (secondary N) is 2. The van der Waals surface area contributed by atoms with Crippen molar-refractivity contribution in [2.24, 2.45) is 0 Å². The molecule has 1 aromatic carbocycles. The first-order valence-corrected chi connectivity index (χ1v) is 10.8. The van der Waals surface area contributed by atoms with Gasteiger partial charge in [0.15, 0.2) is 0 Å². The molecule has 2 aliphatic rings. The van der Waals surface area contributed by atoms with E-state index in [1.807, 2.05) is 12.1 Å². The summed E-state index contributed by atoms with van der Waals surface area (Å²) in [4.78, 5) is 2.16. The predicted molar refractivity (Wildman–Crippen MR) is 108 cm³/mol. The summed E-state index contributed by atoms with van der Waals surface area (Å²) in [5.74, 6) is -0.151. The maximum absolute atomic E-state index is 14.2. The summed E-state index contributed by atoms with van der Waals surface area (Å²) in [5.41, 5.74) is 0.709. The highest BCUT2D eigenvalue weighted by Crippen LogP contribution is 2.26. The van der Waals surface area contributed by atoms with Crippen LogP contribution in [-0.2, 0) is 0 Å². The Morgan fingerprint density at radius 1 is 1.08 bits per heavy atom. The lowest BCUT2D eigenvalue weighted by molar-refractivity contribution is 0.117. The molecule has 0 radical (unpaired) electrons. The number of hydrogen-bond donors (Lipinski definition) is 3. The SMILES string of the molecule is O[C@H]1CC[C@@H](NCCCN[C@H]2CCCN(c3ccc(Br)cc3F)C2)CC1. The Morgan fingerprint density at radius 2 is 1.81 bits per heavy atom. The molecule has 1 heterocycles. The predicted octanol–water partition coefficient (Wildman–Crippen LogP) is 3.43. The van der Waals surface area contributed by atoms with E-state index in [1.54, 1.807) is 6.07 Å². The third-order valence-electron chi connectivity index (χ3n) is 5.59. The van der Waals surface area contributed by atoms with Crippen molar-refractivity contribution in [3.05, 3.63) is 28.5 Å². The summed E-state index contributed by atoms with van der Waals surface area (Å²) in [7, 11) is 0. The first-order chi connectivity index (χ1) is 12.6. The highest BCUT2D eigenvalue weighted by Gasteiger charge is 2.22. The highest BCUT2D eigenvalue weighted by molar-refractivity contribution is 9.10. The number of nitrogens with zero attached hydrogens (tertiary/aromatic N) is 1. The van der Waals surface area contributed by atoms with Gasteiger partial charge >= 0.3 is 0 Å². The van der Waals surface area contributed by atoms with E-state index in [-0.39, 0.29) is 11.9 Å². The smallest absolute Gasteiger partial charge is 0.147 e. The van der Waals surface area contributed by atoms with E-state index < -0.39 is 0 Å². The number of hydrogen-bond acceptors (Lipinski definition) is 4. The Labute approximate surface area is 164 Å². The molecule has 0 unspecified atom stereocenters. The molecule has 0 bridgehead atoms. The summed E-state index contributed by atoms with van der Waals surface area (Å²) in [6, 6.07) is 6.32. The fourth-order valence-corrected chi connectivity index (χ4v) is 4.41. The summed E-state index contributed by atoms with van der Waals surface area (Å²) in [5, 5.41) is 16.8. The largest absolute Gasteiger partial charge is 0.393 e. The van der Waals surface area contributed by atoms with Crippen LogP contribution >= 0.6 is 15.9 Å². The number of benzene rings is 1. The number of halogens is 2. The fraction of sp³-hybridized carbons (Fsp3) is 0.700. The summed E-state index contributed by atoms with van der Waals surface area (Å²) < 4.78 is 15.0. The molecule has 2 fully saturated rings. The molecule has 0 aromatic heterocycles. The lowest BCUT2D eigenvalue weighted by atomic mass is 9.93. The molecule has 1 saturated carbocycles. The summed E-state index contributed by atoms with van der Waals surface area (Å²) in [6.45, 7) is 3.80. The number of piperidine rings is 1. The molecule has 6 heteroatoms. The first-order valence-electron chi connectivity index (χ1n) is 9.96. The summed E-state index contributed by atoms with van der Waals surface area (Å²) >= 11 is 3.32. The van der Waals surface area contributed by atoms with Crippen LogP contribution in [0.15, 0.2) is 22.7 Å². The number of aliphatic hydroxyl groups excluding tert-OH is 1. The van der Waals surface area contributed by atoms with Crippen molar-refractivity contribution in [1.29, 1.82) is 0 Å². The average molecular weight is 428 g/mol. The molecule has 1 aromatic rings. The van der Waals surface area contributed by atoms with Gasteiger partial charge in [0.2, 0.25) is 0 Å². The molecule has 1 atom stereocenters. The fourth-order valence-electron chi connectivity index (χ4n) is 4.08. The van der Waals surface area contributed by atoms with Crippen LogP contribution in [0.4, 0.5) is 10.1 Å². The molecule has 1 saturated heterocycles. The second-order valence-electron chi connectivity index (χ2n) is 7.65. The normalized spacial score (nSPS) is 26.9. The third kappa shape index (κ3) is 5.91. The third-order valence-corrected chi connectivity index (χ3v) is 6.08. The maximum atomic E-state index is 14.2. The lowest BCUT2D eigenvalue weighted by Crippen LogP contribution is -2.46. The minimum absolute atomic E-state index is 0.0838. The average Bonchev–Trinajstić information content (AvgIpc) is 2.63. The molecular formula is C20H31BrFN3O. The van der Waals surface area contributed by atoms with Gasteiger partial charge in [-0.15, -0.1) is 0 Å². The Balaban J connectivity index is 1.35. The standard InChI is InChI=1S/C20H31BrFN3O/c21-15-4-9-20(19(22)13-15)25-12-1-3-17(14-25)24-11-2-10-23-16-5-7-18(26)8-6-16/h4,9,13,16-18,23-24,26H,1-3,5-8,10-12,14H2/t16-,17-,18+/m0/s1. The van der Waals surface area contributed by atoms with Crippen molar-refractivity contribution in [3.8, 4) is 0 Å². The Kier molecular flexibility index (Phi) is 7.73. The van der Waals surface area contributed by atoms with Crippen LogP contribution < -0.4 is 15.5 Å². The van der Waals surface area contributed by atoms with Crippen LogP contribution in [0.3, 0.4) is 0 Å². The van der Waals surface area contributed by atoms with E-state index in [4.69, 9.17) is 0 Å². The molecule has 4 nitrogen and oxygen atoms in total. The summed E-state index contributed by atoms with van der Waals surface area (Å²) in [6.07, 6.45) is 7.30. The van der Waals surface area contributed by atoms with Gasteiger partial charge in [-0.2, -0.15) is 0 Å². The van der Waals surface area contributed by atoms with Crippen LogP contribution in [0, 0.1) is 5.82 Å². The second-order valence-corrected chi connectivity index (χ2v) is 8.56. The molecule has 1 aliphatic carbocycles. The Bertz CT molecular complexity index is 566. The monoisotopic (exact) mass is 427 g/mol. The molecule has 3 rings (SSSR count). The van der Waals surface area contributed by atoms with E-state index in [9.17, 15) is 9.50 Å². The van der Waals surface area contributed by atoms with Gasteiger partial charge in [-0.1, -0.05) is 15.9 Å². The van der Waals surface area contributed by atoms with E-state index in [1.165, 1.54) is 0 Å². The van der Waals surface area contributed by atoms with Gasteiger partial charge in [0.25, 0.3) is 0 Å². The van der Waals surface area contributed by atoms with Gasteiger partial charge in [-0.05, 0) is 76.2 Å². The minimum atomic E-state index is -0.151. The van der Waals surface area contributed by atoms with Crippen LogP contribution in [-0.4, -0.2) is 49.5 Å². The van der Waals surface area contributed by atoms with Crippen LogP contribution in [0.2, 0.25) is 0 Å². The zero-order valence-corrected chi connectivity index (χ0v) is 17.0.